The summed E-state index contributed by atoms with van der Waals surface area (Å²) in [7, 11) is 1.44. The molecule has 0 spiro atoms. The second kappa shape index (κ2) is 5.69. The van der Waals surface area contributed by atoms with Crippen LogP contribution in [0.5, 0.6) is 5.75 Å². The predicted molar refractivity (Wildman–Crippen MR) is 81.0 cm³/mol. The molecule has 0 aliphatic rings. The number of fused-ring (bicyclic) bond motifs is 1. The second-order valence-electron chi connectivity index (χ2n) is 4.39. The normalized spacial score (nSPS) is 10.8. The zero-order valence-electron chi connectivity index (χ0n) is 11.2. The van der Waals surface area contributed by atoms with E-state index in [1.807, 2.05) is 10.6 Å². The number of nitrogens with zero attached hydrogens (tertiary/aromatic N) is 3. The molecule has 0 atom stereocenters. The largest absolute Gasteiger partial charge is 0.494 e. The van der Waals surface area contributed by atoms with Gasteiger partial charge < -0.3 is 10.1 Å². The van der Waals surface area contributed by atoms with Gasteiger partial charge in [0.25, 0.3) is 0 Å². The number of benzene rings is 1. The van der Waals surface area contributed by atoms with Crippen LogP contribution in [0.15, 0.2) is 41.4 Å². The van der Waals surface area contributed by atoms with Crippen molar-refractivity contribution in [3.63, 3.8) is 0 Å². The van der Waals surface area contributed by atoms with Gasteiger partial charge >= 0.3 is 0 Å². The Hall–Kier alpha value is -2.15. The van der Waals surface area contributed by atoms with Crippen molar-refractivity contribution in [3.05, 3.63) is 52.9 Å². The van der Waals surface area contributed by atoms with Gasteiger partial charge in [0, 0.05) is 18.0 Å². The third-order valence-corrected chi connectivity index (χ3v) is 3.48. The molecule has 0 aliphatic heterocycles. The van der Waals surface area contributed by atoms with Crippen LogP contribution < -0.4 is 10.1 Å². The van der Waals surface area contributed by atoms with Gasteiger partial charge in [0.2, 0.25) is 0 Å². The van der Waals surface area contributed by atoms with Gasteiger partial charge in [-0.15, -0.1) is 0 Å². The quantitative estimate of drug-likeness (QED) is 0.784. The SMILES string of the molecule is COc1ccc(NCc2cnc3cnc(Br)cn23)cc1F. The Bertz CT molecular complexity index is 790. The minimum absolute atomic E-state index is 0.227. The predicted octanol–water partition coefficient (Wildman–Crippen LogP) is 3.25. The van der Waals surface area contributed by atoms with Crippen molar-refractivity contribution in [2.45, 2.75) is 6.54 Å². The Morgan fingerprint density at radius 3 is 2.95 bits per heavy atom. The maximum Gasteiger partial charge on any atom is 0.167 e. The Kier molecular flexibility index (Phi) is 3.74. The van der Waals surface area contributed by atoms with Crippen LogP contribution in [0.4, 0.5) is 10.1 Å². The Labute approximate surface area is 128 Å². The van der Waals surface area contributed by atoms with E-state index >= 15 is 0 Å². The van der Waals surface area contributed by atoms with Crippen LogP contribution in [0.2, 0.25) is 0 Å². The van der Waals surface area contributed by atoms with E-state index in [1.165, 1.54) is 13.2 Å². The number of rotatable bonds is 4. The highest BCUT2D eigenvalue weighted by Crippen LogP contribution is 2.21. The molecular weight excluding hydrogens is 339 g/mol. The van der Waals surface area contributed by atoms with E-state index in [4.69, 9.17) is 4.74 Å². The van der Waals surface area contributed by atoms with Gasteiger partial charge in [-0.25, -0.2) is 14.4 Å². The minimum Gasteiger partial charge on any atom is -0.494 e. The summed E-state index contributed by atoms with van der Waals surface area (Å²) in [6, 6.07) is 4.76. The van der Waals surface area contributed by atoms with Crippen LogP contribution in [-0.2, 0) is 6.54 Å². The first-order valence-electron chi connectivity index (χ1n) is 6.22. The summed E-state index contributed by atoms with van der Waals surface area (Å²) in [5.41, 5.74) is 2.39. The van der Waals surface area contributed by atoms with E-state index < -0.39 is 5.82 Å². The molecule has 7 heteroatoms. The molecule has 0 unspecified atom stereocenters. The molecule has 0 fully saturated rings. The maximum atomic E-state index is 13.6. The van der Waals surface area contributed by atoms with Crippen molar-refractivity contribution >= 4 is 27.3 Å². The van der Waals surface area contributed by atoms with Crippen LogP contribution in [0.3, 0.4) is 0 Å². The number of imidazole rings is 1. The topological polar surface area (TPSA) is 51.5 Å². The van der Waals surface area contributed by atoms with Gasteiger partial charge in [-0.3, -0.25) is 4.40 Å². The third kappa shape index (κ3) is 2.82. The van der Waals surface area contributed by atoms with Crippen molar-refractivity contribution in [1.29, 1.82) is 0 Å². The summed E-state index contributed by atoms with van der Waals surface area (Å²) in [4.78, 5) is 8.38. The number of anilines is 1. The van der Waals surface area contributed by atoms with E-state index in [1.54, 1.807) is 24.5 Å². The van der Waals surface area contributed by atoms with E-state index in [2.05, 4.69) is 31.2 Å². The molecule has 0 aliphatic carbocycles. The zero-order chi connectivity index (χ0) is 14.8. The molecule has 1 aromatic carbocycles. The van der Waals surface area contributed by atoms with Crippen LogP contribution in [0.25, 0.3) is 5.65 Å². The van der Waals surface area contributed by atoms with Crippen LogP contribution in [0.1, 0.15) is 5.69 Å². The van der Waals surface area contributed by atoms with Crippen molar-refractivity contribution in [2.24, 2.45) is 0 Å². The van der Waals surface area contributed by atoms with E-state index in [9.17, 15) is 4.39 Å². The molecule has 0 saturated heterocycles. The first-order chi connectivity index (χ1) is 10.2. The monoisotopic (exact) mass is 350 g/mol. The van der Waals surface area contributed by atoms with Crippen LogP contribution >= 0.6 is 15.9 Å². The van der Waals surface area contributed by atoms with E-state index in [-0.39, 0.29) is 5.75 Å². The lowest BCUT2D eigenvalue weighted by atomic mass is 10.3. The standard InChI is InChI=1S/C14H12BrFN4O/c1-21-12-3-2-9(4-11(12)16)17-5-10-6-19-14-7-18-13(15)8-20(10)14/h2-4,6-8,17H,5H2,1H3. The number of hydrogen-bond donors (Lipinski definition) is 1. The number of hydrogen-bond acceptors (Lipinski definition) is 4. The smallest absolute Gasteiger partial charge is 0.167 e. The molecule has 21 heavy (non-hydrogen) atoms. The maximum absolute atomic E-state index is 13.6. The lowest BCUT2D eigenvalue weighted by molar-refractivity contribution is 0.386. The molecule has 2 aromatic heterocycles. The molecular formula is C14H12BrFN4O. The van der Waals surface area contributed by atoms with Crippen molar-refractivity contribution in [3.8, 4) is 5.75 Å². The van der Waals surface area contributed by atoms with Crippen molar-refractivity contribution in [2.75, 3.05) is 12.4 Å². The van der Waals surface area contributed by atoms with E-state index in [0.29, 0.717) is 12.2 Å². The molecule has 108 valence electrons. The highest BCUT2D eigenvalue weighted by atomic mass is 79.9. The van der Waals surface area contributed by atoms with E-state index in [0.717, 1.165) is 15.9 Å². The molecule has 0 saturated carbocycles. The summed E-state index contributed by atoms with van der Waals surface area (Å²) < 4.78 is 21.2. The number of methoxy groups -OCH3 is 1. The number of ether oxygens (including phenoxy) is 1. The van der Waals surface area contributed by atoms with Crippen molar-refractivity contribution < 1.29 is 9.13 Å². The molecule has 3 rings (SSSR count). The van der Waals surface area contributed by atoms with Gasteiger partial charge in [0.1, 0.15) is 4.60 Å². The molecule has 0 amide bonds. The minimum atomic E-state index is -0.396. The van der Waals surface area contributed by atoms with Gasteiger partial charge in [-0.05, 0) is 28.1 Å². The van der Waals surface area contributed by atoms with Crippen LogP contribution in [-0.4, -0.2) is 21.5 Å². The molecule has 0 bridgehead atoms. The summed E-state index contributed by atoms with van der Waals surface area (Å²) in [5, 5.41) is 3.16. The highest BCUT2D eigenvalue weighted by molar-refractivity contribution is 9.10. The first kappa shape index (κ1) is 13.8. The van der Waals surface area contributed by atoms with Gasteiger partial charge in [-0.1, -0.05) is 0 Å². The van der Waals surface area contributed by atoms with Gasteiger partial charge in [-0.2, -0.15) is 0 Å². The Balaban J connectivity index is 1.80. The summed E-state index contributed by atoms with van der Waals surface area (Å²) in [6.45, 7) is 0.517. The molecule has 2 heterocycles. The fourth-order valence-corrected chi connectivity index (χ4v) is 2.32. The summed E-state index contributed by atoms with van der Waals surface area (Å²) in [5.74, 6) is -0.169. The fourth-order valence-electron chi connectivity index (χ4n) is 2.02. The molecule has 5 nitrogen and oxygen atoms in total. The average molecular weight is 351 g/mol. The second-order valence-corrected chi connectivity index (χ2v) is 5.20. The summed E-state index contributed by atoms with van der Waals surface area (Å²) in [6.07, 6.45) is 5.28. The Morgan fingerprint density at radius 1 is 1.33 bits per heavy atom. The van der Waals surface area contributed by atoms with Gasteiger partial charge in [0.15, 0.2) is 17.2 Å². The Morgan fingerprint density at radius 2 is 2.19 bits per heavy atom. The molecule has 1 N–H and O–H groups in total. The fraction of sp³-hybridized carbons (Fsp3) is 0.143. The number of halogens is 2. The third-order valence-electron chi connectivity index (χ3n) is 3.07. The average Bonchev–Trinajstić information content (AvgIpc) is 2.87. The lowest BCUT2D eigenvalue weighted by Crippen LogP contribution is -2.03. The molecule has 0 radical (unpaired) electrons. The highest BCUT2D eigenvalue weighted by Gasteiger charge is 2.06. The number of nitrogens with one attached hydrogen (secondary N) is 1. The van der Waals surface area contributed by atoms with Crippen LogP contribution in [0, 0.1) is 5.82 Å². The first-order valence-corrected chi connectivity index (χ1v) is 7.01. The molecule has 3 aromatic rings. The van der Waals surface area contributed by atoms with Crippen molar-refractivity contribution in [1.82, 2.24) is 14.4 Å². The number of aromatic nitrogens is 3. The summed E-state index contributed by atoms with van der Waals surface area (Å²) >= 11 is 3.33. The lowest BCUT2D eigenvalue weighted by Gasteiger charge is -2.08. The van der Waals surface area contributed by atoms with Gasteiger partial charge in [0.05, 0.1) is 31.7 Å². The zero-order valence-corrected chi connectivity index (χ0v) is 12.8.